The molecule has 0 saturated heterocycles. The van der Waals surface area contributed by atoms with Crippen molar-refractivity contribution in [2.75, 3.05) is 7.11 Å². The molecule has 0 atom stereocenters. The molecule has 0 saturated carbocycles. The van der Waals surface area contributed by atoms with Crippen molar-refractivity contribution in [2.24, 2.45) is 10.7 Å². The Morgan fingerprint density at radius 2 is 1.94 bits per heavy atom. The molecule has 4 aromatic rings. The Labute approximate surface area is 189 Å². The van der Waals surface area contributed by atoms with Gasteiger partial charge in [-0.3, -0.25) is 0 Å². The van der Waals surface area contributed by atoms with Gasteiger partial charge in [0.15, 0.2) is 5.82 Å². The molecule has 0 amide bonds. The number of benzene rings is 2. The smallest absolute Gasteiger partial charge is 0.349 e. The molecule has 33 heavy (non-hydrogen) atoms. The van der Waals surface area contributed by atoms with Gasteiger partial charge in [0.05, 0.1) is 24.0 Å². The van der Waals surface area contributed by atoms with E-state index in [-0.39, 0.29) is 39.8 Å². The minimum absolute atomic E-state index is 0.0311. The van der Waals surface area contributed by atoms with Gasteiger partial charge in [-0.1, -0.05) is 18.2 Å². The van der Waals surface area contributed by atoms with E-state index in [1.807, 2.05) is 6.92 Å². The fourth-order valence-electron chi connectivity index (χ4n) is 3.53. The molecule has 0 unspecified atom stereocenters. The van der Waals surface area contributed by atoms with Crippen molar-refractivity contribution >= 4 is 22.6 Å². The van der Waals surface area contributed by atoms with Gasteiger partial charge in [-0.2, -0.15) is 5.26 Å². The lowest BCUT2D eigenvalue weighted by molar-refractivity contribution is 0.415. The van der Waals surface area contributed by atoms with Crippen molar-refractivity contribution in [2.45, 2.75) is 13.8 Å². The van der Waals surface area contributed by atoms with E-state index in [1.54, 1.807) is 62.6 Å². The van der Waals surface area contributed by atoms with Crippen LogP contribution in [0.3, 0.4) is 0 Å². The van der Waals surface area contributed by atoms with Gasteiger partial charge in [0, 0.05) is 5.56 Å². The first-order chi connectivity index (χ1) is 15.8. The largest absolute Gasteiger partial charge is 0.506 e. The number of methoxy groups -OCH3 is 1. The third-order valence-corrected chi connectivity index (χ3v) is 5.09. The van der Waals surface area contributed by atoms with Gasteiger partial charge in [0.1, 0.15) is 34.3 Å². The molecule has 8 heteroatoms. The van der Waals surface area contributed by atoms with Crippen LogP contribution in [0.15, 0.2) is 62.7 Å². The van der Waals surface area contributed by atoms with Crippen LogP contribution < -0.4 is 16.1 Å². The first-order valence-electron chi connectivity index (χ1n) is 9.99. The molecule has 0 radical (unpaired) electrons. The summed E-state index contributed by atoms with van der Waals surface area (Å²) in [5, 5.41) is 21.2. The molecule has 2 aromatic heterocycles. The predicted octanol–water partition coefficient (Wildman–Crippen LogP) is 4.42. The van der Waals surface area contributed by atoms with Crippen molar-refractivity contribution in [1.82, 2.24) is 4.98 Å². The summed E-state index contributed by atoms with van der Waals surface area (Å²) in [5.41, 5.74) is 7.44. The quantitative estimate of drug-likeness (QED) is 0.272. The number of aryl methyl sites for hydroxylation is 1. The fraction of sp³-hybridized carbons (Fsp3) is 0.120. The maximum atomic E-state index is 12.9. The highest BCUT2D eigenvalue weighted by molar-refractivity contribution is 5.92. The number of hydrogen-bond donors (Lipinski definition) is 2. The van der Waals surface area contributed by atoms with Crippen LogP contribution in [0.25, 0.3) is 33.4 Å². The van der Waals surface area contributed by atoms with Crippen molar-refractivity contribution in [3.63, 3.8) is 0 Å². The van der Waals surface area contributed by atoms with Gasteiger partial charge < -0.3 is 20.0 Å². The van der Waals surface area contributed by atoms with Crippen LogP contribution in [0.5, 0.6) is 11.5 Å². The molecule has 2 aromatic carbocycles. The maximum Gasteiger partial charge on any atom is 0.349 e. The predicted molar refractivity (Wildman–Crippen MR) is 126 cm³/mol. The van der Waals surface area contributed by atoms with E-state index in [0.717, 1.165) is 5.56 Å². The molecule has 0 aliphatic heterocycles. The first kappa shape index (κ1) is 21.6. The number of nitrogens with two attached hydrogens (primary N) is 1. The minimum Gasteiger partial charge on any atom is -0.506 e. The number of rotatable bonds is 4. The fourth-order valence-corrected chi connectivity index (χ4v) is 3.53. The molecule has 0 fully saturated rings. The second kappa shape index (κ2) is 8.48. The molecule has 8 nitrogen and oxygen atoms in total. The Morgan fingerprint density at radius 1 is 1.21 bits per heavy atom. The van der Waals surface area contributed by atoms with E-state index in [1.165, 1.54) is 0 Å². The molecule has 4 rings (SSSR count). The topological polar surface area (TPSA) is 135 Å². The summed E-state index contributed by atoms with van der Waals surface area (Å²) < 4.78 is 10.7. The monoisotopic (exact) mass is 440 g/mol. The highest BCUT2D eigenvalue weighted by Crippen LogP contribution is 2.38. The van der Waals surface area contributed by atoms with Crippen molar-refractivity contribution < 1.29 is 14.3 Å². The number of fused-ring (bicyclic) bond motifs is 1. The summed E-state index contributed by atoms with van der Waals surface area (Å²) in [5.74, 6) is 0.593. The number of pyridine rings is 1. The lowest BCUT2D eigenvalue weighted by atomic mass is 9.98. The van der Waals surface area contributed by atoms with Gasteiger partial charge in [-0.05, 0) is 55.3 Å². The summed E-state index contributed by atoms with van der Waals surface area (Å²) in [7, 11) is 1.56. The molecule has 0 aliphatic carbocycles. The number of hydrogen-bond acceptors (Lipinski definition) is 7. The van der Waals surface area contributed by atoms with Crippen LogP contribution in [0, 0.1) is 18.3 Å². The molecule has 0 aliphatic rings. The normalized spacial score (nSPS) is 11.4. The van der Waals surface area contributed by atoms with Crippen LogP contribution in [0.1, 0.15) is 18.1 Å². The van der Waals surface area contributed by atoms with Crippen LogP contribution >= 0.6 is 0 Å². The standard InChI is InChI=1S/C25H20N4O4/c1-13-4-9-17-21(10-13)33-25(31)22(23(17)30)20-11-18(15-5-7-16(32-3)8-6-15)19(12-26)24(29-20)28-14(2)27/h4-11,30H,1-3H3,(H2,27,28,29). The Hall–Kier alpha value is -4.64. The van der Waals surface area contributed by atoms with Gasteiger partial charge in [-0.15, -0.1) is 0 Å². The molecule has 0 spiro atoms. The lowest BCUT2D eigenvalue weighted by Crippen LogP contribution is -2.07. The van der Waals surface area contributed by atoms with Crippen molar-refractivity contribution in [3.05, 3.63) is 70.1 Å². The third kappa shape index (κ3) is 4.00. The van der Waals surface area contributed by atoms with E-state index in [9.17, 15) is 15.2 Å². The van der Waals surface area contributed by atoms with Crippen LogP contribution in [-0.4, -0.2) is 23.0 Å². The number of aliphatic imine (C=N–C) groups is 1. The summed E-state index contributed by atoms with van der Waals surface area (Å²) in [6.45, 7) is 3.42. The minimum atomic E-state index is -0.761. The summed E-state index contributed by atoms with van der Waals surface area (Å²) in [6.07, 6.45) is 0. The highest BCUT2D eigenvalue weighted by atomic mass is 16.5. The van der Waals surface area contributed by atoms with Gasteiger partial charge in [0.2, 0.25) is 0 Å². The summed E-state index contributed by atoms with van der Waals surface area (Å²) in [6, 6.07) is 15.8. The van der Waals surface area contributed by atoms with E-state index < -0.39 is 5.63 Å². The number of nitriles is 1. The van der Waals surface area contributed by atoms with Crippen LogP contribution in [0.2, 0.25) is 0 Å². The van der Waals surface area contributed by atoms with E-state index in [4.69, 9.17) is 14.9 Å². The van der Waals surface area contributed by atoms with Gasteiger partial charge in [0.25, 0.3) is 0 Å². The second-order valence-electron chi connectivity index (χ2n) is 7.46. The number of amidine groups is 1. The number of aromatic nitrogens is 1. The molecular formula is C25H20N4O4. The first-order valence-corrected chi connectivity index (χ1v) is 9.99. The Morgan fingerprint density at radius 3 is 2.58 bits per heavy atom. The average Bonchev–Trinajstić information content (AvgIpc) is 2.78. The lowest BCUT2D eigenvalue weighted by Gasteiger charge is -2.12. The zero-order valence-corrected chi connectivity index (χ0v) is 18.2. The summed E-state index contributed by atoms with van der Waals surface area (Å²) in [4.78, 5) is 21.5. The molecule has 2 heterocycles. The molecule has 0 bridgehead atoms. The SMILES string of the molecule is COc1ccc(-c2cc(-c3c(O)c4ccc(C)cc4oc3=O)nc(/N=C(\C)N)c2C#N)cc1. The zero-order valence-electron chi connectivity index (χ0n) is 18.2. The molecule has 164 valence electrons. The zero-order chi connectivity index (χ0) is 23.7. The average molecular weight is 440 g/mol. The van der Waals surface area contributed by atoms with Gasteiger partial charge in [-0.25, -0.2) is 14.8 Å². The third-order valence-electron chi connectivity index (χ3n) is 5.09. The van der Waals surface area contributed by atoms with Crippen molar-refractivity contribution in [1.29, 1.82) is 5.26 Å². The molecular weight excluding hydrogens is 420 g/mol. The number of aromatic hydroxyl groups is 1. The van der Waals surface area contributed by atoms with E-state index >= 15 is 0 Å². The Bertz CT molecular complexity index is 1510. The number of nitrogens with zero attached hydrogens (tertiary/aromatic N) is 3. The molecule has 3 N–H and O–H groups in total. The Kier molecular flexibility index (Phi) is 5.54. The van der Waals surface area contributed by atoms with E-state index in [0.29, 0.717) is 22.3 Å². The van der Waals surface area contributed by atoms with Gasteiger partial charge >= 0.3 is 5.63 Å². The van der Waals surface area contributed by atoms with E-state index in [2.05, 4.69) is 16.0 Å². The Balaban J connectivity index is 2.05. The highest BCUT2D eigenvalue weighted by Gasteiger charge is 2.22. The second-order valence-corrected chi connectivity index (χ2v) is 7.46. The van der Waals surface area contributed by atoms with Crippen LogP contribution in [0.4, 0.5) is 5.82 Å². The van der Waals surface area contributed by atoms with Crippen LogP contribution in [-0.2, 0) is 0 Å². The van der Waals surface area contributed by atoms with Crippen molar-refractivity contribution in [3.8, 4) is 40.0 Å². The maximum absolute atomic E-state index is 12.9. The number of ether oxygens (including phenoxy) is 1. The summed E-state index contributed by atoms with van der Waals surface area (Å²) >= 11 is 0.